The second kappa shape index (κ2) is 5.39. The lowest BCUT2D eigenvalue weighted by Crippen LogP contribution is -2.07. The van der Waals surface area contributed by atoms with Crippen molar-refractivity contribution in [3.05, 3.63) is 42.2 Å². The highest BCUT2D eigenvalue weighted by molar-refractivity contribution is 5.41. The largest absolute Gasteiger partial charge is 0.436 e. The number of anilines is 1. The van der Waals surface area contributed by atoms with Crippen molar-refractivity contribution in [3.8, 4) is 11.6 Å². The van der Waals surface area contributed by atoms with Crippen LogP contribution >= 0.6 is 0 Å². The summed E-state index contributed by atoms with van der Waals surface area (Å²) in [7, 11) is 0. The lowest BCUT2D eigenvalue weighted by molar-refractivity contribution is 0.398. The molecule has 0 aliphatic rings. The van der Waals surface area contributed by atoms with Gasteiger partial charge in [-0.1, -0.05) is 18.2 Å². The van der Waals surface area contributed by atoms with E-state index in [-0.39, 0.29) is 5.82 Å². The Hall–Kier alpha value is -2.24. The Morgan fingerprint density at radius 1 is 1.17 bits per heavy atom. The summed E-state index contributed by atoms with van der Waals surface area (Å²) in [6.07, 6.45) is -1.04. The number of rotatable bonds is 4. The maximum absolute atomic E-state index is 13.8. The summed E-state index contributed by atoms with van der Waals surface area (Å²) in [5.41, 5.74) is 0. The van der Waals surface area contributed by atoms with Gasteiger partial charge < -0.3 is 10.1 Å². The quantitative estimate of drug-likeness (QED) is 0.848. The third-order valence-corrected chi connectivity index (χ3v) is 2.10. The van der Waals surface area contributed by atoms with Crippen LogP contribution in [0.3, 0.4) is 0 Å². The van der Waals surface area contributed by atoms with Gasteiger partial charge in [-0.15, -0.1) is 0 Å². The topological polar surface area (TPSA) is 47.0 Å². The number of hydrogen-bond donors (Lipinski definition) is 1. The molecule has 0 amide bonds. The van der Waals surface area contributed by atoms with Gasteiger partial charge in [0.2, 0.25) is 5.82 Å². The van der Waals surface area contributed by atoms with Crippen LogP contribution in [0.1, 0.15) is 6.92 Å². The Labute approximate surface area is 103 Å². The van der Waals surface area contributed by atoms with Crippen LogP contribution in [0.15, 0.2) is 30.3 Å². The summed E-state index contributed by atoms with van der Waals surface area (Å²) in [4.78, 5) is 6.62. The van der Waals surface area contributed by atoms with Crippen LogP contribution in [-0.4, -0.2) is 16.5 Å². The number of ether oxygens (including phenoxy) is 1. The molecule has 2 aromatic rings. The minimum atomic E-state index is -1.04. The number of nitrogens with zero attached hydrogens (tertiary/aromatic N) is 2. The molecule has 4 nitrogen and oxygen atoms in total. The molecule has 0 fully saturated rings. The first-order chi connectivity index (χ1) is 8.70. The van der Waals surface area contributed by atoms with Crippen LogP contribution in [-0.2, 0) is 0 Å². The molecule has 2 rings (SSSR count). The van der Waals surface area contributed by atoms with Gasteiger partial charge in [0.25, 0.3) is 5.88 Å². The van der Waals surface area contributed by atoms with E-state index in [1.54, 1.807) is 37.3 Å². The molecule has 0 bridgehead atoms. The van der Waals surface area contributed by atoms with E-state index in [9.17, 15) is 8.78 Å². The average molecular weight is 251 g/mol. The molecule has 6 heteroatoms. The standard InChI is InChI=1S/C12H11F2N3O/c1-2-15-10-9(13)11(17-12(14)16-10)18-8-6-4-3-5-7-8/h3-7H,2H2,1H3,(H,15,16,17). The molecule has 0 radical (unpaired) electrons. The number of nitrogens with one attached hydrogen (secondary N) is 1. The van der Waals surface area contributed by atoms with Gasteiger partial charge in [-0.3, -0.25) is 0 Å². The minimum absolute atomic E-state index is 0.212. The lowest BCUT2D eigenvalue weighted by Gasteiger charge is -2.08. The van der Waals surface area contributed by atoms with Crippen molar-refractivity contribution in [2.75, 3.05) is 11.9 Å². The Balaban J connectivity index is 2.33. The molecule has 0 aliphatic heterocycles. The third kappa shape index (κ3) is 2.71. The SMILES string of the molecule is CCNc1nc(F)nc(Oc2ccccc2)c1F. The number of benzene rings is 1. The minimum Gasteiger partial charge on any atom is -0.436 e. The average Bonchev–Trinajstić information content (AvgIpc) is 2.36. The maximum atomic E-state index is 13.8. The van der Waals surface area contributed by atoms with Gasteiger partial charge in [0.05, 0.1) is 0 Å². The van der Waals surface area contributed by atoms with E-state index in [1.165, 1.54) is 0 Å². The Bertz CT molecular complexity index is 534. The van der Waals surface area contributed by atoms with Crippen molar-refractivity contribution < 1.29 is 13.5 Å². The van der Waals surface area contributed by atoms with Gasteiger partial charge >= 0.3 is 6.08 Å². The van der Waals surface area contributed by atoms with Crippen LogP contribution < -0.4 is 10.1 Å². The molecule has 0 saturated carbocycles. The molecule has 1 aromatic heterocycles. The van der Waals surface area contributed by atoms with Crippen molar-refractivity contribution >= 4 is 5.82 Å². The molecule has 0 atom stereocenters. The smallest absolute Gasteiger partial charge is 0.314 e. The number of para-hydroxylation sites is 1. The second-order valence-electron chi connectivity index (χ2n) is 3.41. The van der Waals surface area contributed by atoms with Crippen LogP contribution in [0.2, 0.25) is 0 Å². The number of aromatic nitrogens is 2. The van der Waals surface area contributed by atoms with Crippen LogP contribution in [0.4, 0.5) is 14.6 Å². The van der Waals surface area contributed by atoms with Gasteiger partial charge in [0.15, 0.2) is 5.82 Å². The van der Waals surface area contributed by atoms with E-state index >= 15 is 0 Å². The highest BCUT2D eigenvalue weighted by Crippen LogP contribution is 2.25. The van der Waals surface area contributed by atoms with Gasteiger partial charge in [0, 0.05) is 6.54 Å². The van der Waals surface area contributed by atoms with Crippen molar-refractivity contribution in [2.45, 2.75) is 6.92 Å². The molecule has 0 saturated heterocycles. The van der Waals surface area contributed by atoms with Crippen molar-refractivity contribution in [1.29, 1.82) is 0 Å². The van der Waals surface area contributed by atoms with E-state index < -0.39 is 17.8 Å². The molecular formula is C12H11F2N3O. The first-order valence-corrected chi connectivity index (χ1v) is 5.40. The van der Waals surface area contributed by atoms with E-state index in [4.69, 9.17) is 4.74 Å². The van der Waals surface area contributed by atoms with Crippen LogP contribution in [0.25, 0.3) is 0 Å². The Morgan fingerprint density at radius 3 is 2.56 bits per heavy atom. The number of hydrogen-bond acceptors (Lipinski definition) is 4. The molecule has 94 valence electrons. The van der Waals surface area contributed by atoms with E-state index in [1.807, 2.05) is 0 Å². The van der Waals surface area contributed by atoms with E-state index in [0.29, 0.717) is 12.3 Å². The fourth-order valence-electron chi connectivity index (χ4n) is 1.35. The molecule has 1 heterocycles. The van der Waals surface area contributed by atoms with Crippen molar-refractivity contribution in [1.82, 2.24) is 9.97 Å². The predicted octanol–water partition coefficient (Wildman–Crippen LogP) is 2.98. The fourth-order valence-corrected chi connectivity index (χ4v) is 1.35. The van der Waals surface area contributed by atoms with Crippen LogP contribution in [0.5, 0.6) is 11.6 Å². The lowest BCUT2D eigenvalue weighted by atomic mass is 10.3. The maximum Gasteiger partial charge on any atom is 0.314 e. The summed E-state index contributed by atoms with van der Waals surface area (Å²) >= 11 is 0. The van der Waals surface area contributed by atoms with Gasteiger partial charge in [-0.2, -0.15) is 18.7 Å². The highest BCUT2D eigenvalue weighted by Gasteiger charge is 2.15. The summed E-state index contributed by atoms with van der Waals surface area (Å²) in [6.45, 7) is 2.16. The number of halogens is 2. The second-order valence-corrected chi connectivity index (χ2v) is 3.41. The zero-order chi connectivity index (χ0) is 13.0. The summed E-state index contributed by atoms with van der Waals surface area (Å²) < 4.78 is 32.1. The zero-order valence-electron chi connectivity index (χ0n) is 9.65. The molecule has 0 spiro atoms. The molecule has 0 unspecified atom stereocenters. The summed E-state index contributed by atoms with van der Waals surface area (Å²) in [5, 5.41) is 2.60. The van der Waals surface area contributed by atoms with E-state index in [2.05, 4.69) is 15.3 Å². The normalized spacial score (nSPS) is 10.2. The zero-order valence-corrected chi connectivity index (χ0v) is 9.65. The first kappa shape index (κ1) is 12.2. The Morgan fingerprint density at radius 2 is 1.89 bits per heavy atom. The molecular weight excluding hydrogens is 240 g/mol. The van der Waals surface area contributed by atoms with Crippen molar-refractivity contribution in [3.63, 3.8) is 0 Å². The molecule has 1 aromatic carbocycles. The molecule has 18 heavy (non-hydrogen) atoms. The van der Waals surface area contributed by atoms with Crippen LogP contribution in [0, 0.1) is 11.9 Å². The third-order valence-electron chi connectivity index (χ3n) is 2.10. The molecule has 1 N–H and O–H groups in total. The van der Waals surface area contributed by atoms with E-state index in [0.717, 1.165) is 0 Å². The summed E-state index contributed by atoms with van der Waals surface area (Å²) in [6, 6.07) is 8.46. The molecule has 0 aliphatic carbocycles. The van der Waals surface area contributed by atoms with Gasteiger partial charge in [-0.25, -0.2) is 0 Å². The predicted molar refractivity (Wildman–Crippen MR) is 62.6 cm³/mol. The van der Waals surface area contributed by atoms with Gasteiger partial charge in [0.1, 0.15) is 5.75 Å². The fraction of sp³-hybridized carbons (Fsp3) is 0.167. The first-order valence-electron chi connectivity index (χ1n) is 5.40. The summed E-state index contributed by atoms with van der Waals surface area (Å²) in [5.74, 6) is -1.10. The monoisotopic (exact) mass is 251 g/mol. The highest BCUT2D eigenvalue weighted by atomic mass is 19.1. The van der Waals surface area contributed by atoms with Crippen molar-refractivity contribution in [2.24, 2.45) is 0 Å². The van der Waals surface area contributed by atoms with Gasteiger partial charge in [-0.05, 0) is 19.1 Å². The Kier molecular flexibility index (Phi) is 3.66.